The van der Waals surface area contributed by atoms with Crippen LogP contribution in [0.3, 0.4) is 0 Å². The van der Waals surface area contributed by atoms with E-state index in [9.17, 15) is 19.7 Å². The molecule has 0 saturated heterocycles. The quantitative estimate of drug-likeness (QED) is 0.258. The molecule has 9 heteroatoms. The van der Waals surface area contributed by atoms with Gasteiger partial charge in [-0.15, -0.1) is 0 Å². The summed E-state index contributed by atoms with van der Waals surface area (Å²) in [5, 5.41) is 20.7. The zero-order valence-electron chi connectivity index (χ0n) is 10.1. The second-order valence-electron chi connectivity index (χ2n) is 3.73. The van der Waals surface area contributed by atoms with Gasteiger partial charge in [-0.25, -0.2) is 4.79 Å². The van der Waals surface area contributed by atoms with Crippen LogP contribution in [0.15, 0.2) is 24.3 Å². The van der Waals surface area contributed by atoms with Crippen LogP contribution < -0.4 is 5.32 Å². The van der Waals surface area contributed by atoms with Gasteiger partial charge in [0, 0.05) is 12.1 Å². The number of carbonyl (C=O) groups excluding carboxylic acids is 1. The molecule has 2 N–H and O–H groups in total. The van der Waals surface area contributed by atoms with E-state index in [0.29, 0.717) is 5.56 Å². The van der Waals surface area contributed by atoms with Crippen LogP contribution in [-0.4, -0.2) is 39.0 Å². The summed E-state index contributed by atoms with van der Waals surface area (Å²) < 4.78 is 0. The van der Waals surface area contributed by atoms with Gasteiger partial charge < -0.3 is 16.0 Å². The predicted octanol–water partition coefficient (Wildman–Crippen LogP) is 0.645. The number of Topliss-reactive ketones (excluding diaryl/α,β-unsaturated/α-hetero) is 1. The molecule has 1 aromatic rings. The molecule has 0 unspecified atom stereocenters. The summed E-state index contributed by atoms with van der Waals surface area (Å²) in [6, 6.07) is 5.34. The Hall–Kier alpha value is -3.06. The first kappa shape index (κ1) is 15.0. The minimum Gasteiger partial charge on any atom is -0.465 e. The normalized spacial score (nSPS) is 9.40. The maximum atomic E-state index is 11.5. The molecule has 0 spiro atoms. The van der Waals surface area contributed by atoms with Gasteiger partial charge in [0.1, 0.15) is 0 Å². The first-order valence-electron chi connectivity index (χ1n) is 5.38. The summed E-state index contributed by atoms with van der Waals surface area (Å²) in [5.41, 5.74) is 8.93. The lowest BCUT2D eigenvalue weighted by Crippen LogP contribution is -2.33. The standard InChI is InChI=1S/C11H10N4O5/c12-14-9(10(16)6-13-11(17)18)5-7-1-3-8(4-2-7)15(19)20/h1-4,13H,5-6H2,(H,17,18). The van der Waals surface area contributed by atoms with Crippen molar-refractivity contribution in [2.45, 2.75) is 6.42 Å². The van der Waals surface area contributed by atoms with Crippen molar-refractivity contribution in [1.82, 2.24) is 5.32 Å². The maximum absolute atomic E-state index is 11.5. The molecule has 0 aliphatic carbocycles. The summed E-state index contributed by atoms with van der Waals surface area (Å²) in [5.74, 6) is -0.687. The van der Waals surface area contributed by atoms with Crippen LogP contribution in [0, 0.1) is 10.1 Å². The van der Waals surface area contributed by atoms with E-state index in [4.69, 9.17) is 10.6 Å². The predicted molar refractivity (Wildman–Crippen MR) is 66.5 cm³/mol. The molecule has 9 nitrogen and oxygen atoms in total. The molecule has 1 amide bonds. The van der Waals surface area contributed by atoms with Crippen LogP contribution in [0.5, 0.6) is 0 Å². The number of nitrogens with one attached hydrogen (secondary N) is 1. The largest absolute Gasteiger partial charge is 0.465 e. The molecule has 0 aliphatic heterocycles. The summed E-state index contributed by atoms with van der Waals surface area (Å²) >= 11 is 0. The van der Waals surface area contributed by atoms with Crippen LogP contribution in [0.4, 0.5) is 10.5 Å². The van der Waals surface area contributed by atoms with Gasteiger partial charge in [0.25, 0.3) is 11.5 Å². The fourth-order valence-corrected chi connectivity index (χ4v) is 1.38. The maximum Gasteiger partial charge on any atom is 0.405 e. The number of nitro benzene ring substituents is 1. The molecule has 0 aromatic heterocycles. The van der Waals surface area contributed by atoms with Crippen molar-refractivity contribution in [3.63, 3.8) is 0 Å². The molecule has 0 aliphatic rings. The number of nitro groups is 1. The third-order valence-corrected chi connectivity index (χ3v) is 2.36. The Bertz CT molecular complexity index is 589. The Kier molecular flexibility index (Phi) is 5.07. The van der Waals surface area contributed by atoms with Crippen molar-refractivity contribution >= 4 is 23.3 Å². The van der Waals surface area contributed by atoms with Gasteiger partial charge in [-0.2, -0.15) is 4.79 Å². The molecule has 0 atom stereocenters. The van der Waals surface area contributed by atoms with Crippen LogP contribution in [0.2, 0.25) is 0 Å². The number of carbonyl (C=O) groups is 2. The fourth-order valence-electron chi connectivity index (χ4n) is 1.38. The highest BCUT2D eigenvalue weighted by Gasteiger charge is 2.21. The molecule has 1 rings (SSSR count). The van der Waals surface area contributed by atoms with E-state index in [2.05, 4.69) is 4.79 Å². The summed E-state index contributed by atoms with van der Waals surface area (Å²) in [4.78, 5) is 34.5. The zero-order valence-corrected chi connectivity index (χ0v) is 10.1. The Morgan fingerprint density at radius 3 is 2.40 bits per heavy atom. The molecule has 0 heterocycles. The third kappa shape index (κ3) is 4.31. The van der Waals surface area contributed by atoms with Crippen molar-refractivity contribution in [1.29, 1.82) is 0 Å². The highest BCUT2D eigenvalue weighted by Crippen LogP contribution is 2.12. The number of amides is 1. The van der Waals surface area contributed by atoms with Gasteiger partial charge in [-0.1, -0.05) is 12.1 Å². The monoisotopic (exact) mass is 278 g/mol. The summed E-state index contributed by atoms with van der Waals surface area (Å²) in [6.45, 7) is -0.512. The van der Waals surface area contributed by atoms with Gasteiger partial charge in [0.05, 0.1) is 17.9 Å². The highest BCUT2D eigenvalue weighted by molar-refractivity contribution is 6.38. The van der Waals surface area contributed by atoms with Crippen molar-refractivity contribution in [3.8, 4) is 0 Å². The van der Waals surface area contributed by atoms with Gasteiger partial charge in [0.15, 0.2) is 0 Å². The molecule has 104 valence electrons. The number of hydrogen-bond donors (Lipinski definition) is 2. The van der Waals surface area contributed by atoms with E-state index < -0.39 is 23.3 Å². The van der Waals surface area contributed by atoms with E-state index >= 15 is 0 Å². The van der Waals surface area contributed by atoms with E-state index in [0.717, 1.165) is 0 Å². The molecule has 0 fully saturated rings. The second kappa shape index (κ2) is 6.76. The van der Waals surface area contributed by atoms with E-state index in [1.54, 1.807) is 0 Å². The number of benzene rings is 1. The summed E-state index contributed by atoms with van der Waals surface area (Å²) in [7, 11) is 0. The third-order valence-electron chi connectivity index (χ3n) is 2.36. The molecule has 20 heavy (non-hydrogen) atoms. The lowest BCUT2D eigenvalue weighted by Gasteiger charge is -1.99. The molecule has 0 bridgehead atoms. The second-order valence-corrected chi connectivity index (χ2v) is 3.73. The van der Waals surface area contributed by atoms with Crippen molar-refractivity contribution in [3.05, 3.63) is 45.5 Å². The van der Waals surface area contributed by atoms with Gasteiger partial charge in [-0.05, 0) is 5.56 Å². The first-order chi connectivity index (χ1) is 9.43. The van der Waals surface area contributed by atoms with Crippen LogP contribution in [-0.2, 0) is 11.2 Å². The van der Waals surface area contributed by atoms with Crippen molar-refractivity contribution in [2.24, 2.45) is 0 Å². The van der Waals surface area contributed by atoms with Gasteiger partial charge in [-0.3, -0.25) is 14.9 Å². The number of nitrogens with zero attached hydrogens (tertiary/aromatic N) is 3. The molecule has 1 aromatic carbocycles. The number of hydrogen-bond acceptors (Lipinski definition) is 4. The fraction of sp³-hybridized carbons (Fsp3) is 0.182. The number of rotatable bonds is 6. The minimum absolute atomic E-state index is 0.0609. The Morgan fingerprint density at radius 2 is 1.95 bits per heavy atom. The molecule has 0 saturated carbocycles. The van der Waals surface area contributed by atoms with Crippen molar-refractivity contribution in [2.75, 3.05) is 6.54 Å². The molecular formula is C11H10N4O5. The highest BCUT2D eigenvalue weighted by atomic mass is 16.6. The smallest absolute Gasteiger partial charge is 0.405 e. The van der Waals surface area contributed by atoms with Crippen LogP contribution in [0.1, 0.15) is 5.56 Å². The lowest BCUT2D eigenvalue weighted by molar-refractivity contribution is -0.384. The topological polar surface area (TPSA) is 146 Å². The van der Waals surface area contributed by atoms with E-state index in [-0.39, 0.29) is 17.8 Å². The lowest BCUT2D eigenvalue weighted by atomic mass is 10.1. The Morgan fingerprint density at radius 1 is 1.35 bits per heavy atom. The first-order valence-corrected chi connectivity index (χ1v) is 5.38. The van der Waals surface area contributed by atoms with Gasteiger partial charge >= 0.3 is 11.8 Å². The van der Waals surface area contributed by atoms with E-state index in [1.807, 2.05) is 5.32 Å². The van der Waals surface area contributed by atoms with Crippen LogP contribution in [0.25, 0.3) is 5.53 Å². The molecule has 0 radical (unpaired) electrons. The number of ketones is 1. The zero-order chi connectivity index (χ0) is 15.1. The Labute approximate surface area is 112 Å². The average molecular weight is 278 g/mol. The average Bonchev–Trinajstić information content (AvgIpc) is 2.42. The van der Waals surface area contributed by atoms with Crippen molar-refractivity contribution < 1.29 is 24.4 Å². The summed E-state index contributed by atoms with van der Waals surface area (Å²) in [6.07, 6.45) is -1.43. The Balaban J connectivity index is 2.74. The molecular weight excluding hydrogens is 268 g/mol. The van der Waals surface area contributed by atoms with E-state index in [1.165, 1.54) is 24.3 Å². The van der Waals surface area contributed by atoms with Gasteiger partial charge in [0.2, 0.25) is 0 Å². The SMILES string of the molecule is [N-]=[N+]=C(Cc1ccc([N+](=O)[O-])cc1)C(=O)CNC(=O)O. The number of carboxylic acid groups (broad SMARTS) is 1. The number of non-ortho nitro benzene ring substituents is 1. The van der Waals surface area contributed by atoms with Crippen LogP contribution >= 0.6 is 0 Å². The minimum atomic E-state index is -1.37.